The highest BCUT2D eigenvalue weighted by atomic mass is 32.2. The summed E-state index contributed by atoms with van der Waals surface area (Å²) >= 11 is 0. The highest BCUT2D eigenvalue weighted by Crippen LogP contribution is 2.27. The number of halogens is 1. The van der Waals surface area contributed by atoms with Crippen LogP contribution in [-0.4, -0.2) is 58.1 Å². The molecule has 0 bridgehead atoms. The van der Waals surface area contributed by atoms with E-state index in [2.05, 4.69) is 5.32 Å². The number of nitrogens with one attached hydrogen (secondary N) is 1. The topological polar surface area (TPSA) is 84.9 Å². The lowest BCUT2D eigenvalue weighted by atomic mass is 10.2. The van der Waals surface area contributed by atoms with Gasteiger partial charge >= 0.3 is 0 Å². The molecule has 25 heavy (non-hydrogen) atoms. The summed E-state index contributed by atoms with van der Waals surface area (Å²) in [5, 5.41) is 2.68. The van der Waals surface area contributed by atoms with Gasteiger partial charge in [-0.15, -0.1) is 0 Å². The van der Waals surface area contributed by atoms with E-state index < -0.39 is 21.7 Å². The summed E-state index contributed by atoms with van der Waals surface area (Å²) in [6.07, 6.45) is 1.80. The number of benzene rings is 1. The quantitative estimate of drug-likeness (QED) is 0.738. The van der Waals surface area contributed by atoms with Crippen LogP contribution in [0.25, 0.3) is 0 Å². The molecule has 1 fully saturated rings. The van der Waals surface area contributed by atoms with Crippen LogP contribution in [0.15, 0.2) is 23.1 Å². The molecular formula is C16H23FN2O5S. The first-order valence-electron chi connectivity index (χ1n) is 8.10. The zero-order chi connectivity index (χ0) is 18.4. The summed E-state index contributed by atoms with van der Waals surface area (Å²) in [4.78, 5) is 11.8. The number of carbonyl (C=O) groups is 1. The molecule has 0 radical (unpaired) electrons. The molecular weight excluding hydrogens is 351 g/mol. The molecule has 1 aliphatic heterocycles. The molecule has 1 heterocycles. The van der Waals surface area contributed by atoms with Crippen molar-refractivity contribution in [3.8, 4) is 5.75 Å². The lowest BCUT2D eigenvalue weighted by Crippen LogP contribution is -2.42. The number of sulfonamides is 1. The fourth-order valence-electron chi connectivity index (χ4n) is 2.61. The maximum Gasteiger partial charge on any atom is 0.247 e. The Hall–Kier alpha value is -1.71. The molecule has 0 unspecified atom stereocenters. The van der Waals surface area contributed by atoms with Crippen LogP contribution in [0.4, 0.5) is 4.39 Å². The summed E-state index contributed by atoms with van der Waals surface area (Å²) in [5.41, 5.74) is 0. The molecule has 1 amide bonds. The molecule has 140 valence electrons. The van der Waals surface area contributed by atoms with Gasteiger partial charge < -0.3 is 14.8 Å². The second-order valence-corrected chi connectivity index (χ2v) is 7.57. The van der Waals surface area contributed by atoms with Crippen molar-refractivity contribution in [2.75, 3.05) is 33.4 Å². The third-order valence-electron chi connectivity index (χ3n) is 3.97. The first kappa shape index (κ1) is 19.6. The maximum absolute atomic E-state index is 13.5. The van der Waals surface area contributed by atoms with E-state index in [1.54, 1.807) is 6.92 Å². The minimum Gasteiger partial charge on any atom is -0.495 e. The number of likely N-dealkylation sites (N-methyl/N-ethyl adjacent to an activating group) is 1. The van der Waals surface area contributed by atoms with E-state index in [0.717, 1.165) is 29.3 Å². The number of nitrogens with zero attached hydrogens (tertiary/aromatic N) is 1. The van der Waals surface area contributed by atoms with Gasteiger partial charge in [0.05, 0.1) is 19.8 Å². The van der Waals surface area contributed by atoms with Crippen LogP contribution >= 0.6 is 0 Å². The largest absolute Gasteiger partial charge is 0.495 e. The molecule has 2 rings (SSSR count). The normalized spacial score (nSPS) is 17.7. The lowest BCUT2D eigenvalue weighted by molar-refractivity contribution is -0.121. The van der Waals surface area contributed by atoms with Crippen molar-refractivity contribution in [1.29, 1.82) is 0 Å². The number of carbonyl (C=O) groups excluding carboxylic acids is 1. The lowest BCUT2D eigenvalue weighted by Gasteiger charge is -2.21. The molecule has 1 atom stereocenters. The van der Waals surface area contributed by atoms with Gasteiger partial charge in [-0.25, -0.2) is 12.8 Å². The standard InChI is InChI=1S/C16H23FN2O5S/c1-3-19(11-16(20)18-10-13-5-4-8-24-13)25(21,22)15-9-12(17)6-7-14(15)23-2/h6-7,9,13H,3-5,8,10-11H2,1-2H3,(H,18,20)/t13-/m0/s1. The Morgan fingerprint density at radius 2 is 2.24 bits per heavy atom. The highest BCUT2D eigenvalue weighted by Gasteiger charge is 2.29. The zero-order valence-corrected chi connectivity index (χ0v) is 15.1. The van der Waals surface area contributed by atoms with Crippen LogP contribution in [-0.2, 0) is 19.6 Å². The predicted molar refractivity (Wildman–Crippen MR) is 89.4 cm³/mol. The van der Waals surface area contributed by atoms with Crippen molar-refractivity contribution in [3.05, 3.63) is 24.0 Å². The third-order valence-corrected chi connectivity index (χ3v) is 5.91. The van der Waals surface area contributed by atoms with Crippen molar-refractivity contribution < 1.29 is 27.1 Å². The van der Waals surface area contributed by atoms with Crippen LogP contribution in [0.3, 0.4) is 0 Å². The van der Waals surface area contributed by atoms with E-state index in [0.29, 0.717) is 13.2 Å². The molecule has 0 spiro atoms. The van der Waals surface area contributed by atoms with Gasteiger partial charge in [0.1, 0.15) is 16.5 Å². The summed E-state index contributed by atoms with van der Waals surface area (Å²) in [6, 6.07) is 3.25. The predicted octanol–water partition coefficient (Wildman–Crippen LogP) is 1.14. The molecule has 0 aliphatic carbocycles. The zero-order valence-electron chi connectivity index (χ0n) is 14.3. The second kappa shape index (κ2) is 8.59. The Balaban J connectivity index is 2.09. The van der Waals surface area contributed by atoms with Crippen molar-refractivity contribution in [1.82, 2.24) is 9.62 Å². The van der Waals surface area contributed by atoms with E-state index >= 15 is 0 Å². The first-order valence-corrected chi connectivity index (χ1v) is 9.54. The van der Waals surface area contributed by atoms with Crippen LogP contribution in [0, 0.1) is 5.82 Å². The first-order chi connectivity index (χ1) is 11.9. The molecule has 9 heteroatoms. The Morgan fingerprint density at radius 1 is 1.48 bits per heavy atom. The summed E-state index contributed by atoms with van der Waals surface area (Å²) in [6.45, 7) is 2.34. The van der Waals surface area contributed by atoms with Crippen LogP contribution in [0.1, 0.15) is 19.8 Å². The van der Waals surface area contributed by atoms with E-state index in [1.807, 2.05) is 0 Å². The number of amides is 1. The van der Waals surface area contributed by atoms with Gasteiger partial charge in [0.15, 0.2) is 0 Å². The fourth-order valence-corrected chi connectivity index (χ4v) is 4.18. The Bertz CT molecular complexity index is 704. The molecule has 1 aromatic carbocycles. The van der Waals surface area contributed by atoms with E-state index in [1.165, 1.54) is 13.2 Å². The number of hydrogen-bond acceptors (Lipinski definition) is 5. The Morgan fingerprint density at radius 3 is 2.84 bits per heavy atom. The van der Waals surface area contributed by atoms with Gasteiger partial charge in [0.25, 0.3) is 0 Å². The minimum absolute atomic E-state index is 0.0274. The van der Waals surface area contributed by atoms with Gasteiger partial charge in [0.2, 0.25) is 15.9 Å². The summed E-state index contributed by atoms with van der Waals surface area (Å²) in [5.74, 6) is -1.10. The van der Waals surface area contributed by atoms with Gasteiger partial charge in [-0.3, -0.25) is 4.79 Å². The van der Waals surface area contributed by atoms with Crippen LogP contribution < -0.4 is 10.1 Å². The number of methoxy groups -OCH3 is 1. The Kier molecular flexibility index (Phi) is 6.74. The number of ether oxygens (including phenoxy) is 2. The molecule has 0 aromatic heterocycles. The summed E-state index contributed by atoms with van der Waals surface area (Å²) < 4.78 is 50.4. The molecule has 1 aromatic rings. The van der Waals surface area contributed by atoms with E-state index in [4.69, 9.17) is 9.47 Å². The number of rotatable bonds is 8. The second-order valence-electron chi connectivity index (χ2n) is 5.67. The van der Waals surface area contributed by atoms with Crippen LogP contribution in [0.5, 0.6) is 5.75 Å². The SMILES string of the molecule is CCN(CC(=O)NC[C@@H]1CCCO1)S(=O)(=O)c1cc(F)ccc1OC. The van der Waals surface area contributed by atoms with E-state index in [9.17, 15) is 17.6 Å². The average Bonchev–Trinajstić information content (AvgIpc) is 3.11. The minimum atomic E-state index is -4.07. The Labute approximate surface area is 147 Å². The molecule has 1 aliphatic rings. The van der Waals surface area contributed by atoms with Gasteiger partial charge in [0, 0.05) is 19.7 Å². The van der Waals surface area contributed by atoms with Crippen molar-refractivity contribution in [2.45, 2.75) is 30.8 Å². The highest BCUT2D eigenvalue weighted by molar-refractivity contribution is 7.89. The van der Waals surface area contributed by atoms with Crippen molar-refractivity contribution in [3.63, 3.8) is 0 Å². The smallest absolute Gasteiger partial charge is 0.247 e. The maximum atomic E-state index is 13.5. The molecule has 0 saturated carbocycles. The van der Waals surface area contributed by atoms with Crippen molar-refractivity contribution in [2.24, 2.45) is 0 Å². The number of hydrogen-bond donors (Lipinski definition) is 1. The molecule has 1 saturated heterocycles. The van der Waals surface area contributed by atoms with E-state index in [-0.39, 0.29) is 29.8 Å². The van der Waals surface area contributed by atoms with Gasteiger partial charge in [-0.1, -0.05) is 6.92 Å². The van der Waals surface area contributed by atoms with Crippen LogP contribution in [0.2, 0.25) is 0 Å². The van der Waals surface area contributed by atoms with Crippen molar-refractivity contribution >= 4 is 15.9 Å². The third kappa shape index (κ3) is 4.90. The van der Waals surface area contributed by atoms with Gasteiger partial charge in [-0.2, -0.15) is 4.31 Å². The average molecular weight is 374 g/mol. The summed E-state index contributed by atoms with van der Waals surface area (Å²) in [7, 11) is -2.77. The molecule has 1 N–H and O–H groups in total. The molecule has 7 nitrogen and oxygen atoms in total. The van der Waals surface area contributed by atoms with Gasteiger partial charge in [-0.05, 0) is 31.0 Å². The fraction of sp³-hybridized carbons (Fsp3) is 0.562. The monoisotopic (exact) mass is 374 g/mol.